The third-order valence-electron chi connectivity index (χ3n) is 4.95. The van der Waals surface area contributed by atoms with Crippen LogP contribution in [-0.2, 0) is 6.42 Å². The van der Waals surface area contributed by atoms with Crippen LogP contribution in [0.5, 0.6) is 5.75 Å². The van der Waals surface area contributed by atoms with Gasteiger partial charge < -0.3 is 15.0 Å². The van der Waals surface area contributed by atoms with Gasteiger partial charge in [-0.2, -0.15) is 5.26 Å². The Balaban J connectivity index is 1.29. The Kier molecular flexibility index (Phi) is 5.44. The molecule has 0 saturated heterocycles. The average Bonchev–Trinajstić information content (AvgIpc) is 3.21. The number of anilines is 2. The van der Waals surface area contributed by atoms with Crippen molar-refractivity contribution in [1.82, 2.24) is 0 Å². The Morgan fingerprint density at radius 3 is 2.55 bits per heavy atom. The molecule has 0 atom stereocenters. The Morgan fingerprint density at radius 2 is 1.79 bits per heavy atom. The maximum absolute atomic E-state index is 12.8. The molecule has 0 spiro atoms. The topological polar surface area (TPSA) is 65.4 Å². The minimum atomic E-state index is 0.0330. The zero-order valence-corrected chi connectivity index (χ0v) is 16.0. The smallest absolute Gasteiger partial charge is 0.258 e. The van der Waals surface area contributed by atoms with E-state index in [2.05, 4.69) is 17.5 Å². The van der Waals surface area contributed by atoms with Crippen LogP contribution in [0.15, 0.2) is 72.8 Å². The number of rotatable bonds is 6. The maximum Gasteiger partial charge on any atom is 0.258 e. The summed E-state index contributed by atoms with van der Waals surface area (Å²) in [4.78, 5) is 14.7. The van der Waals surface area contributed by atoms with Gasteiger partial charge in [-0.3, -0.25) is 4.79 Å². The van der Waals surface area contributed by atoms with Gasteiger partial charge in [0, 0.05) is 30.0 Å². The van der Waals surface area contributed by atoms with E-state index in [1.165, 1.54) is 5.56 Å². The van der Waals surface area contributed by atoms with Crippen molar-refractivity contribution in [3.05, 3.63) is 89.5 Å². The summed E-state index contributed by atoms with van der Waals surface area (Å²) in [6.45, 7) is 1.86. The number of fused-ring (bicyclic) bond motifs is 1. The number of hydrogen-bond donors (Lipinski definition) is 1. The summed E-state index contributed by atoms with van der Waals surface area (Å²) >= 11 is 0. The Labute approximate surface area is 170 Å². The van der Waals surface area contributed by atoms with Crippen molar-refractivity contribution in [2.24, 2.45) is 0 Å². The van der Waals surface area contributed by atoms with E-state index in [0.717, 1.165) is 30.1 Å². The van der Waals surface area contributed by atoms with Crippen LogP contribution in [0.2, 0.25) is 0 Å². The van der Waals surface area contributed by atoms with Crippen molar-refractivity contribution in [1.29, 1.82) is 5.26 Å². The van der Waals surface area contributed by atoms with Crippen molar-refractivity contribution in [2.75, 3.05) is 29.9 Å². The Bertz CT molecular complexity index is 1040. The number of nitriles is 1. The Morgan fingerprint density at radius 1 is 1.03 bits per heavy atom. The second-order valence-corrected chi connectivity index (χ2v) is 6.82. The molecule has 0 unspecified atom stereocenters. The van der Waals surface area contributed by atoms with E-state index < -0.39 is 0 Å². The highest BCUT2D eigenvalue weighted by Crippen LogP contribution is 2.29. The van der Waals surface area contributed by atoms with Crippen LogP contribution < -0.4 is 15.0 Å². The van der Waals surface area contributed by atoms with Crippen LogP contribution in [-0.4, -0.2) is 25.6 Å². The predicted molar refractivity (Wildman–Crippen MR) is 113 cm³/mol. The molecular formula is C24H21N3O2. The van der Waals surface area contributed by atoms with E-state index in [1.807, 2.05) is 47.4 Å². The number of para-hydroxylation sites is 1. The van der Waals surface area contributed by atoms with Crippen molar-refractivity contribution in [3.63, 3.8) is 0 Å². The summed E-state index contributed by atoms with van der Waals surface area (Å²) in [6, 6.07) is 24.7. The molecule has 5 heteroatoms. The minimum Gasteiger partial charge on any atom is -0.492 e. The molecule has 0 aromatic heterocycles. The molecule has 1 amide bonds. The fourth-order valence-electron chi connectivity index (χ4n) is 3.43. The second-order valence-electron chi connectivity index (χ2n) is 6.82. The number of nitrogens with zero attached hydrogens (tertiary/aromatic N) is 2. The van der Waals surface area contributed by atoms with Crippen molar-refractivity contribution >= 4 is 17.3 Å². The van der Waals surface area contributed by atoms with Crippen LogP contribution in [0.3, 0.4) is 0 Å². The van der Waals surface area contributed by atoms with Crippen molar-refractivity contribution in [3.8, 4) is 11.8 Å². The number of benzene rings is 3. The fourth-order valence-corrected chi connectivity index (χ4v) is 3.43. The maximum atomic E-state index is 12.8. The quantitative estimate of drug-likeness (QED) is 0.646. The first-order valence-corrected chi connectivity index (χ1v) is 9.61. The average molecular weight is 383 g/mol. The molecule has 0 aliphatic carbocycles. The molecular weight excluding hydrogens is 362 g/mol. The highest BCUT2D eigenvalue weighted by molar-refractivity contribution is 6.07. The van der Waals surface area contributed by atoms with Crippen LogP contribution in [0.1, 0.15) is 21.5 Å². The predicted octanol–water partition coefficient (Wildman–Crippen LogP) is 4.25. The van der Waals surface area contributed by atoms with Gasteiger partial charge >= 0.3 is 0 Å². The van der Waals surface area contributed by atoms with Gasteiger partial charge in [-0.1, -0.05) is 18.2 Å². The van der Waals surface area contributed by atoms with Crippen molar-refractivity contribution in [2.45, 2.75) is 6.42 Å². The third kappa shape index (κ3) is 4.22. The largest absolute Gasteiger partial charge is 0.492 e. The lowest BCUT2D eigenvalue weighted by atomic mass is 10.1. The lowest BCUT2D eigenvalue weighted by molar-refractivity contribution is 0.0989. The number of hydrogen-bond acceptors (Lipinski definition) is 4. The minimum absolute atomic E-state index is 0.0330. The van der Waals surface area contributed by atoms with E-state index in [0.29, 0.717) is 24.3 Å². The molecule has 144 valence electrons. The van der Waals surface area contributed by atoms with E-state index in [9.17, 15) is 4.79 Å². The van der Waals surface area contributed by atoms with Crippen LogP contribution in [0, 0.1) is 11.3 Å². The van der Waals surface area contributed by atoms with Crippen LogP contribution >= 0.6 is 0 Å². The van der Waals surface area contributed by atoms with Crippen molar-refractivity contribution < 1.29 is 9.53 Å². The number of ether oxygens (including phenoxy) is 1. The number of nitrogens with one attached hydrogen (secondary N) is 1. The van der Waals surface area contributed by atoms with E-state index in [4.69, 9.17) is 10.00 Å². The zero-order chi connectivity index (χ0) is 20.1. The first kappa shape index (κ1) is 18.6. The highest BCUT2D eigenvalue weighted by Gasteiger charge is 2.24. The third-order valence-corrected chi connectivity index (χ3v) is 4.95. The fraction of sp³-hybridized carbons (Fsp3) is 0.167. The first-order valence-electron chi connectivity index (χ1n) is 9.61. The summed E-state index contributed by atoms with van der Waals surface area (Å²) in [5.41, 5.74) is 4.47. The van der Waals surface area contributed by atoms with E-state index >= 15 is 0 Å². The molecule has 3 aromatic rings. The normalized spacial score (nSPS) is 12.2. The van der Waals surface area contributed by atoms with Gasteiger partial charge in [0.15, 0.2) is 0 Å². The molecule has 1 N–H and O–H groups in total. The monoisotopic (exact) mass is 383 g/mol. The van der Waals surface area contributed by atoms with Gasteiger partial charge in [-0.15, -0.1) is 0 Å². The molecule has 29 heavy (non-hydrogen) atoms. The lowest BCUT2D eigenvalue weighted by Crippen LogP contribution is -2.28. The summed E-state index contributed by atoms with van der Waals surface area (Å²) in [5.74, 6) is 0.767. The zero-order valence-electron chi connectivity index (χ0n) is 16.0. The summed E-state index contributed by atoms with van der Waals surface area (Å²) in [7, 11) is 0. The van der Waals surface area contributed by atoms with Gasteiger partial charge in [-0.05, 0) is 66.6 Å². The molecule has 0 saturated carbocycles. The summed E-state index contributed by atoms with van der Waals surface area (Å²) < 4.78 is 5.66. The Hall–Kier alpha value is -3.78. The van der Waals surface area contributed by atoms with E-state index in [1.54, 1.807) is 24.3 Å². The summed E-state index contributed by atoms with van der Waals surface area (Å²) in [6.07, 6.45) is 0.904. The molecule has 1 heterocycles. The molecule has 3 aromatic carbocycles. The van der Waals surface area contributed by atoms with Gasteiger partial charge in [0.2, 0.25) is 0 Å². The number of amides is 1. The van der Waals surface area contributed by atoms with Crippen LogP contribution in [0.4, 0.5) is 11.4 Å². The standard InChI is InChI=1S/C24H21N3O2/c25-17-18-5-11-22(12-6-18)29-16-14-26-21-9-7-20(8-10-21)24(28)27-15-13-19-3-1-2-4-23(19)27/h1-12,26H,13-16H2. The number of carbonyl (C=O) groups excluding carboxylic acids is 1. The SMILES string of the molecule is N#Cc1ccc(OCCNc2ccc(C(=O)N3CCc4ccccc43)cc2)cc1. The lowest BCUT2D eigenvalue weighted by Gasteiger charge is -2.17. The van der Waals surface area contributed by atoms with Crippen LogP contribution in [0.25, 0.3) is 0 Å². The van der Waals surface area contributed by atoms with E-state index in [-0.39, 0.29) is 5.91 Å². The molecule has 0 radical (unpaired) electrons. The van der Waals surface area contributed by atoms with Gasteiger partial charge in [0.05, 0.1) is 11.6 Å². The second kappa shape index (κ2) is 8.49. The first-order chi connectivity index (χ1) is 14.2. The molecule has 0 fully saturated rings. The molecule has 1 aliphatic heterocycles. The molecule has 4 rings (SSSR count). The van der Waals surface area contributed by atoms with Gasteiger partial charge in [0.25, 0.3) is 5.91 Å². The van der Waals surface area contributed by atoms with Gasteiger partial charge in [0.1, 0.15) is 12.4 Å². The summed E-state index contributed by atoms with van der Waals surface area (Å²) in [5, 5.41) is 12.1. The highest BCUT2D eigenvalue weighted by atomic mass is 16.5. The molecule has 1 aliphatic rings. The molecule has 5 nitrogen and oxygen atoms in total. The molecule has 0 bridgehead atoms. The van der Waals surface area contributed by atoms with Gasteiger partial charge in [-0.25, -0.2) is 0 Å². The number of carbonyl (C=O) groups is 1.